The standard InChI is InChI=1S/C17H16F3N5O/c18-17(19,20)15-6-10-25(22-15)12-4-8-23(9-5-12)16(26)14-11-13-3-1-2-7-24(13)21-14/h1-3,6-7,10-12H,4-5,8-9H2. The molecule has 4 rings (SSSR count). The van der Waals surface area contributed by atoms with Crippen molar-refractivity contribution in [2.24, 2.45) is 0 Å². The zero-order valence-corrected chi connectivity index (χ0v) is 13.7. The summed E-state index contributed by atoms with van der Waals surface area (Å²) in [6.45, 7) is 0.914. The highest BCUT2D eigenvalue weighted by atomic mass is 19.4. The van der Waals surface area contributed by atoms with Crippen molar-refractivity contribution in [2.75, 3.05) is 13.1 Å². The van der Waals surface area contributed by atoms with Gasteiger partial charge in [-0.15, -0.1) is 0 Å². The molecule has 0 unspecified atom stereocenters. The lowest BCUT2D eigenvalue weighted by Crippen LogP contribution is -2.39. The van der Waals surface area contributed by atoms with E-state index in [1.54, 1.807) is 21.7 Å². The van der Waals surface area contributed by atoms with E-state index in [0.717, 1.165) is 11.6 Å². The van der Waals surface area contributed by atoms with E-state index in [0.29, 0.717) is 31.6 Å². The number of alkyl halides is 3. The van der Waals surface area contributed by atoms with Crippen molar-refractivity contribution in [3.63, 3.8) is 0 Å². The molecule has 9 heteroatoms. The number of carbonyl (C=O) groups is 1. The maximum Gasteiger partial charge on any atom is 0.435 e. The minimum absolute atomic E-state index is 0.142. The van der Waals surface area contributed by atoms with Crippen molar-refractivity contribution in [1.82, 2.24) is 24.3 Å². The minimum atomic E-state index is -4.44. The predicted molar refractivity (Wildman–Crippen MR) is 86.6 cm³/mol. The summed E-state index contributed by atoms with van der Waals surface area (Å²) in [5.41, 5.74) is 0.316. The van der Waals surface area contributed by atoms with Crippen LogP contribution in [0.3, 0.4) is 0 Å². The zero-order valence-electron chi connectivity index (χ0n) is 13.7. The third kappa shape index (κ3) is 3.04. The maximum absolute atomic E-state index is 12.7. The molecular formula is C17H16F3N5O. The molecule has 3 aromatic heterocycles. The Morgan fingerprint density at radius 1 is 1.08 bits per heavy atom. The molecule has 0 saturated carbocycles. The summed E-state index contributed by atoms with van der Waals surface area (Å²) in [5, 5.41) is 7.91. The molecule has 3 aromatic rings. The fourth-order valence-corrected chi connectivity index (χ4v) is 3.23. The SMILES string of the molecule is O=C(c1cc2ccccn2n1)N1CCC(n2ccc(C(F)(F)F)n2)CC1. The number of rotatable bonds is 2. The highest BCUT2D eigenvalue weighted by molar-refractivity contribution is 5.93. The lowest BCUT2D eigenvalue weighted by molar-refractivity contribution is -0.141. The smallest absolute Gasteiger partial charge is 0.337 e. The first-order valence-electron chi connectivity index (χ1n) is 8.28. The Bertz CT molecular complexity index is 904. The van der Waals surface area contributed by atoms with E-state index in [9.17, 15) is 18.0 Å². The summed E-state index contributed by atoms with van der Waals surface area (Å²) in [6.07, 6.45) is -0.206. The number of halogens is 3. The number of pyridine rings is 1. The number of amides is 1. The summed E-state index contributed by atoms with van der Waals surface area (Å²) in [5.74, 6) is -0.163. The molecule has 26 heavy (non-hydrogen) atoms. The minimum Gasteiger partial charge on any atom is -0.337 e. The van der Waals surface area contributed by atoms with E-state index in [1.807, 2.05) is 18.2 Å². The van der Waals surface area contributed by atoms with Gasteiger partial charge in [0.2, 0.25) is 0 Å². The summed E-state index contributed by atoms with van der Waals surface area (Å²) in [4.78, 5) is 14.3. The van der Waals surface area contributed by atoms with Crippen LogP contribution in [0.2, 0.25) is 0 Å². The highest BCUT2D eigenvalue weighted by Crippen LogP contribution is 2.29. The zero-order chi connectivity index (χ0) is 18.3. The maximum atomic E-state index is 12.7. The summed E-state index contributed by atoms with van der Waals surface area (Å²) < 4.78 is 41.0. The van der Waals surface area contributed by atoms with E-state index in [4.69, 9.17) is 0 Å². The number of hydrogen-bond acceptors (Lipinski definition) is 3. The van der Waals surface area contributed by atoms with E-state index < -0.39 is 11.9 Å². The Morgan fingerprint density at radius 2 is 1.85 bits per heavy atom. The summed E-state index contributed by atoms with van der Waals surface area (Å²) in [7, 11) is 0. The van der Waals surface area contributed by atoms with Gasteiger partial charge in [-0.3, -0.25) is 9.48 Å². The van der Waals surface area contributed by atoms with Crippen LogP contribution < -0.4 is 0 Å². The number of piperidine rings is 1. The Kier molecular flexibility index (Phi) is 3.93. The molecule has 136 valence electrons. The molecule has 0 N–H and O–H groups in total. The molecule has 0 spiro atoms. The highest BCUT2D eigenvalue weighted by Gasteiger charge is 2.34. The monoisotopic (exact) mass is 363 g/mol. The van der Waals surface area contributed by atoms with Crippen LogP contribution in [0.4, 0.5) is 13.2 Å². The third-order valence-corrected chi connectivity index (χ3v) is 4.61. The Hall–Kier alpha value is -2.84. The van der Waals surface area contributed by atoms with Gasteiger partial charge >= 0.3 is 6.18 Å². The molecule has 4 heterocycles. The van der Waals surface area contributed by atoms with Crippen LogP contribution in [0.5, 0.6) is 0 Å². The van der Waals surface area contributed by atoms with Crippen LogP contribution in [-0.2, 0) is 6.18 Å². The Balaban J connectivity index is 1.43. The van der Waals surface area contributed by atoms with Crippen molar-refractivity contribution in [3.8, 4) is 0 Å². The number of fused-ring (bicyclic) bond motifs is 1. The van der Waals surface area contributed by atoms with E-state index in [-0.39, 0.29) is 11.9 Å². The molecule has 1 saturated heterocycles. The second-order valence-corrected chi connectivity index (χ2v) is 6.30. The largest absolute Gasteiger partial charge is 0.435 e. The van der Waals surface area contributed by atoms with Crippen LogP contribution >= 0.6 is 0 Å². The Morgan fingerprint density at radius 3 is 2.50 bits per heavy atom. The van der Waals surface area contributed by atoms with Gasteiger partial charge in [0.05, 0.1) is 11.6 Å². The average Bonchev–Trinajstić information content (AvgIpc) is 3.28. The van der Waals surface area contributed by atoms with Gasteiger partial charge in [-0.05, 0) is 37.1 Å². The average molecular weight is 363 g/mol. The Labute approximate surface area is 146 Å². The van der Waals surface area contributed by atoms with Crippen molar-refractivity contribution in [2.45, 2.75) is 25.1 Å². The number of aromatic nitrogens is 4. The fourth-order valence-electron chi connectivity index (χ4n) is 3.23. The van der Waals surface area contributed by atoms with Gasteiger partial charge in [-0.1, -0.05) is 6.07 Å². The molecule has 1 amide bonds. The van der Waals surface area contributed by atoms with Crippen molar-refractivity contribution >= 4 is 11.4 Å². The van der Waals surface area contributed by atoms with Crippen molar-refractivity contribution in [3.05, 3.63) is 54.1 Å². The van der Waals surface area contributed by atoms with Gasteiger partial charge in [0, 0.05) is 25.5 Å². The summed E-state index contributed by atoms with van der Waals surface area (Å²) in [6, 6.07) is 8.14. The number of likely N-dealkylation sites (tertiary alicyclic amines) is 1. The van der Waals surface area contributed by atoms with Gasteiger partial charge in [-0.25, -0.2) is 4.52 Å². The van der Waals surface area contributed by atoms with Crippen LogP contribution in [0, 0.1) is 0 Å². The van der Waals surface area contributed by atoms with E-state index in [1.165, 1.54) is 10.9 Å². The number of nitrogens with zero attached hydrogens (tertiary/aromatic N) is 5. The molecular weight excluding hydrogens is 347 g/mol. The lowest BCUT2D eigenvalue weighted by Gasteiger charge is -2.31. The lowest BCUT2D eigenvalue weighted by atomic mass is 10.1. The molecule has 0 radical (unpaired) electrons. The van der Waals surface area contributed by atoms with E-state index >= 15 is 0 Å². The van der Waals surface area contributed by atoms with Gasteiger partial charge in [0.1, 0.15) is 0 Å². The van der Waals surface area contributed by atoms with Crippen LogP contribution in [-0.4, -0.2) is 43.3 Å². The van der Waals surface area contributed by atoms with Crippen LogP contribution in [0.15, 0.2) is 42.7 Å². The topological polar surface area (TPSA) is 55.4 Å². The second-order valence-electron chi connectivity index (χ2n) is 6.30. The first-order chi connectivity index (χ1) is 12.4. The van der Waals surface area contributed by atoms with Gasteiger partial charge in [0.25, 0.3) is 5.91 Å². The number of carbonyl (C=O) groups excluding carboxylic acids is 1. The molecule has 1 aliphatic rings. The van der Waals surface area contributed by atoms with Crippen LogP contribution in [0.1, 0.15) is 35.1 Å². The van der Waals surface area contributed by atoms with Gasteiger partial charge in [-0.2, -0.15) is 23.4 Å². The van der Waals surface area contributed by atoms with Crippen molar-refractivity contribution in [1.29, 1.82) is 0 Å². The fraction of sp³-hybridized carbons (Fsp3) is 0.353. The first kappa shape index (κ1) is 16.6. The molecule has 0 bridgehead atoms. The van der Waals surface area contributed by atoms with Crippen LogP contribution in [0.25, 0.3) is 5.52 Å². The molecule has 1 aliphatic heterocycles. The van der Waals surface area contributed by atoms with E-state index in [2.05, 4.69) is 10.2 Å². The third-order valence-electron chi connectivity index (χ3n) is 4.61. The molecule has 0 aromatic carbocycles. The first-order valence-corrected chi connectivity index (χ1v) is 8.28. The van der Waals surface area contributed by atoms with Gasteiger partial charge in [0.15, 0.2) is 11.4 Å². The second kappa shape index (κ2) is 6.15. The van der Waals surface area contributed by atoms with Gasteiger partial charge < -0.3 is 4.90 Å². The predicted octanol–water partition coefficient (Wildman–Crippen LogP) is 3.03. The normalized spacial score (nSPS) is 16.3. The molecule has 1 fully saturated rings. The molecule has 0 atom stereocenters. The number of hydrogen-bond donors (Lipinski definition) is 0. The van der Waals surface area contributed by atoms with Crippen molar-refractivity contribution < 1.29 is 18.0 Å². The molecule has 0 aliphatic carbocycles. The molecule has 6 nitrogen and oxygen atoms in total. The summed E-state index contributed by atoms with van der Waals surface area (Å²) >= 11 is 0. The quantitative estimate of drug-likeness (QED) is 0.703.